The smallest absolute Gasteiger partial charge is 0.271 e. The lowest BCUT2D eigenvalue weighted by Crippen LogP contribution is -2.28. The van der Waals surface area contributed by atoms with Gasteiger partial charge in [0.15, 0.2) is 0 Å². The third-order valence-electron chi connectivity index (χ3n) is 3.85. The monoisotopic (exact) mass is 420 g/mol. The number of amides is 1. The van der Waals surface area contributed by atoms with Crippen molar-refractivity contribution in [2.24, 2.45) is 0 Å². The minimum Gasteiger partial charge on any atom is -0.387 e. The van der Waals surface area contributed by atoms with Crippen LogP contribution in [0.2, 0.25) is 0 Å². The molecule has 1 atom stereocenters. The molecule has 0 saturated carbocycles. The molecule has 2 aromatic carbocycles. The average Bonchev–Trinajstić information content (AvgIpc) is 3.22. The summed E-state index contributed by atoms with van der Waals surface area (Å²) in [5.41, 5.74) is 0.956. The quantitative estimate of drug-likeness (QED) is 0.547. The van der Waals surface area contributed by atoms with Gasteiger partial charge in [-0.05, 0) is 47.3 Å². The summed E-state index contributed by atoms with van der Waals surface area (Å²) in [5, 5.41) is 14.3. The van der Waals surface area contributed by atoms with E-state index in [1.807, 2.05) is 0 Å². The Hall–Kier alpha value is -2.75. The number of benzene rings is 2. The van der Waals surface area contributed by atoms with Gasteiger partial charge in [-0.1, -0.05) is 24.3 Å². The number of hydrogen-bond donors (Lipinski definition) is 3. The first-order chi connectivity index (χ1) is 13.3. The van der Waals surface area contributed by atoms with E-state index in [0.717, 1.165) is 11.3 Å². The van der Waals surface area contributed by atoms with Gasteiger partial charge in [0.05, 0.1) is 6.10 Å². The van der Waals surface area contributed by atoms with Crippen molar-refractivity contribution in [3.8, 4) is 0 Å². The van der Waals surface area contributed by atoms with E-state index in [2.05, 4.69) is 10.0 Å². The summed E-state index contributed by atoms with van der Waals surface area (Å²) in [6.07, 6.45) is -0.995. The van der Waals surface area contributed by atoms with Crippen LogP contribution in [0.15, 0.2) is 70.3 Å². The Morgan fingerprint density at radius 1 is 1.11 bits per heavy atom. The highest BCUT2D eigenvalue weighted by Gasteiger charge is 2.16. The fourth-order valence-electron chi connectivity index (χ4n) is 2.44. The number of rotatable bonds is 7. The molecule has 3 aromatic rings. The minimum absolute atomic E-state index is 0.0738. The molecule has 28 heavy (non-hydrogen) atoms. The minimum atomic E-state index is -3.71. The van der Waals surface area contributed by atoms with Crippen LogP contribution in [0.3, 0.4) is 0 Å². The summed E-state index contributed by atoms with van der Waals surface area (Å²) in [6.45, 7) is -0.0738. The van der Waals surface area contributed by atoms with E-state index in [0.29, 0.717) is 5.56 Å². The van der Waals surface area contributed by atoms with Crippen LogP contribution in [0.1, 0.15) is 22.0 Å². The highest BCUT2D eigenvalue weighted by molar-refractivity contribution is 7.94. The molecule has 0 aliphatic carbocycles. The second kappa shape index (κ2) is 8.51. The van der Waals surface area contributed by atoms with Crippen LogP contribution >= 0.6 is 11.3 Å². The predicted molar refractivity (Wildman–Crippen MR) is 105 cm³/mol. The second-order valence-corrected chi connectivity index (χ2v) is 8.75. The van der Waals surface area contributed by atoms with Gasteiger partial charge >= 0.3 is 0 Å². The second-order valence-electron chi connectivity index (χ2n) is 5.90. The Balaban J connectivity index is 1.64. The number of aliphatic hydroxyl groups excluding tert-OH is 1. The lowest BCUT2D eigenvalue weighted by atomic mass is 10.1. The van der Waals surface area contributed by atoms with E-state index in [-0.39, 0.29) is 22.0 Å². The Labute approximate surface area is 165 Å². The van der Waals surface area contributed by atoms with Gasteiger partial charge in [-0.25, -0.2) is 12.8 Å². The molecule has 3 N–H and O–H groups in total. The van der Waals surface area contributed by atoms with E-state index in [1.54, 1.807) is 17.5 Å². The van der Waals surface area contributed by atoms with Crippen molar-refractivity contribution in [2.75, 3.05) is 11.3 Å². The molecule has 6 nitrogen and oxygen atoms in total. The number of carbonyl (C=O) groups excluding carboxylic acids is 1. The van der Waals surface area contributed by atoms with Gasteiger partial charge in [0.2, 0.25) is 0 Å². The SMILES string of the molecule is O=C(NCC(O)c1ccc(F)cc1)c1cccc(NS(=O)(=O)c2cccs2)c1. The molecule has 1 heterocycles. The van der Waals surface area contributed by atoms with Crippen LogP contribution < -0.4 is 10.0 Å². The van der Waals surface area contributed by atoms with Crippen LogP contribution in [0.25, 0.3) is 0 Å². The van der Waals surface area contributed by atoms with Gasteiger partial charge in [0.1, 0.15) is 10.0 Å². The fraction of sp³-hybridized carbons (Fsp3) is 0.105. The number of nitrogens with one attached hydrogen (secondary N) is 2. The zero-order chi connectivity index (χ0) is 20.1. The average molecular weight is 420 g/mol. The maximum absolute atomic E-state index is 12.9. The van der Waals surface area contributed by atoms with Crippen LogP contribution in [0.5, 0.6) is 0 Å². The van der Waals surface area contributed by atoms with E-state index in [9.17, 15) is 22.7 Å². The molecular formula is C19H17FN2O4S2. The standard InChI is InChI=1S/C19H17FN2O4S2/c20-15-8-6-13(7-9-15)17(23)12-21-19(24)14-3-1-4-16(11-14)22-28(25,26)18-5-2-10-27-18/h1-11,17,22-23H,12H2,(H,21,24). The number of aliphatic hydroxyl groups is 1. The zero-order valence-electron chi connectivity index (χ0n) is 14.5. The van der Waals surface area contributed by atoms with Crippen LogP contribution in [-0.2, 0) is 10.0 Å². The predicted octanol–water partition coefficient (Wildman–Crippen LogP) is 3.15. The molecule has 0 spiro atoms. The van der Waals surface area contributed by atoms with Gasteiger partial charge in [0, 0.05) is 17.8 Å². The number of hydrogen-bond acceptors (Lipinski definition) is 5. The first-order valence-corrected chi connectivity index (χ1v) is 10.6. The van der Waals surface area contributed by atoms with Crippen molar-refractivity contribution < 1.29 is 22.7 Å². The van der Waals surface area contributed by atoms with Crippen molar-refractivity contribution in [1.82, 2.24) is 5.32 Å². The van der Waals surface area contributed by atoms with E-state index < -0.39 is 27.9 Å². The first-order valence-electron chi connectivity index (χ1n) is 8.23. The van der Waals surface area contributed by atoms with Gasteiger partial charge in [-0.3, -0.25) is 9.52 Å². The normalized spacial score (nSPS) is 12.4. The first kappa shape index (κ1) is 20.0. The molecule has 1 amide bonds. The van der Waals surface area contributed by atoms with Crippen molar-refractivity contribution in [3.05, 3.63) is 83.0 Å². The molecule has 0 saturated heterocycles. The largest absolute Gasteiger partial charge is 0.387 e. The molecule has 0 radical (unpaired) electrons. The number of carbonyl (C=O) groups is 1. The summed E-state index contributed by atoms with van der Waals surface area (Å²) in [7, 11) is -3.71. The lowest BCUT2D eigenvalue weighted by molar-refractivity contribution is 0.0916. The summed E-state index contributed by atoms with van der Waals surface area (Å²) >= 11 is 1.09. The number of thiophene rings is 1. The van der Waals surface area contributed by atoms with E-state index in [1.165, 1.54) is 48.5 Å². The summed E-state index contributed by atoms with van der Waals surface area (Å²) in [5.74, 6) is -0.889. The Kier molecular flexibility index (Phi) is 6.08. The van der Waals surface area contributed by atoms with E-state index in [4.69, 9.17) is 0 Å². The van der Waals surface area contributed by atoms with Gasteiger partial charge < -0.3 is 10.4 Å². The molecule has 1 aromatic heterocycles. The van der Waals surface area contributed by atoms with Gasteiger partial charge in [-0.15, -0.1) is 11.3 Å². The molecule has 146 valence electrons. The zero-order valence-corrected chi connectivity index (χ0v) is 16.1. The van der Waals surface area contributed by atoms with E-state index >= 15 is 0 Å². The molecular weight excluding hydrogens is 403 g/mol. The molecule has 0 aliphatic rings. The Morgan fingerprint density at radius 3 is 2.54 bits per heavy atom. The number of sulfonamides is 1. The van der Waals surface area contributed by atoms with Crippen LogP contribution in [0.4, 0.5) is 10.1 Å². The maximum Gasteiger partial charge on any atom is 0.271 e. The number of anilines is 1. The van der Waals surface area contributed by atoms with Crippen molar-refractivity contribution >= 4 is 33.0 Å². The molecule has 1 unspecified atom stereocenters. The molecule has 0 bridgehead atoms. The topological polar surface area (TPSA) is 95.5 Å². The molecule has 9 heteroatoms. The van der Waals surface area contributed by atoms with Gasteiger partial charge in [-0.2, -0.15) is 0 Å². The summed E-state index contributed by atoms with van der Waals surface area (Å²) < 4.78 is 40.1. The van der Waals surface area contributed by atoms with Crippen molar-refractivity contribution in [2.45, 2.75) is 10.3 Å². The van der Waals surface area contributed by atoms with Crippen LogP contribution in [0, 0.1) is 5.82 Å². The lowest BCUT2D eigenvalue weighted by Gasteiger charge is -2.13. The number of halogens is 1. The molecule has 0 fully saturated rings. The van der Waals surface area contributed by atoms with Crippen molar-refractivity contribution in [3.63, 3.8) is 0 Å². The Morgan fingerprint density at radius 2 is 1.86 bits per heavy atom. The van der Waals surface area contributed by atoms with Gasteiger partial charge in [0.25, 0.3) is 15.9 Å². The molecule has 3 rings (SSSR count). The fourth-order valence-corrected chi connectivity index (χ4v) is 4.48. The third-order valence-corrected chi connectivity index (χ3v) is 6.63. The molecule has 0 aliphatic heterocycles. The third kappa shape index (κ3) is 4.94. The Bertz CT molecular complexity index is 1050. The highest BCUT2D eigenvalue weighted by Crippen LogP contribution is 2.21. The van der Waals surface area contributed by atoms with Crippen molar-refractivity contribution in [1.29, 1.82) is 0 Å². The maximum atomic E-state index is 12.9. The van der Waals surface area contributed by atoms with Crippen LogP contribution in [-0.4, -0.2) is 26.0 Å². The summed E-state index contributed by atoms with van der Waals surface area (Å²) in [6, 6.07) is 14.5. The summed E-state index contributed by atoms with van der Waals surface area (Å²) in [4.78, 5) is 12.3. The highest BCUT2D eigenvalue weighted by atomic mass is 32.2.